The number of aromatic nitrogens is 1. The summed E-state index contributed by atoms with van der Waals surface area (Å²) in [6.07, 6.45) is 6.01. The summed E-state index contributed by atoms with van der Waals surface area (Å²) in [5.41, 5.74) is -1.68. The number of amides is 1. The fourth-order valence-electron chi connectivity index (χ4n) is 2.84. The number of rotatable bonds is 4. The van der Waals surface area contributed by atoms with Gasteiger partial charge in [0.1, 0.15) is 12.1 Å². The van der Waals surface area contributed by atoms with Crippen molar-refractivity contribution in [3.63, 3.8) is 0 Å². The topological polar surface area (TPSA) is 112 Å². The number of nitrogens with zero attached hydrogens (tertiary/aromatic N) is 3. The first-order valence-electron chi connectivity index (χ1n) is 8.19. The van der Waals surface area contributed by atoms with Gasteiger partial charge >= 0.3 is 5.97 Å². The summed E-state index contributed by atoms with van der Waals surface area (Å²) in [5.74, 6) is -1.26. The van der Waals surface area contributed by atoms with E-state index in [1.54, 1.807) is 4.90 Å². The second-order valence-corrected chi connectivity index (χ2v) is 5.94. The Kier molecular flexibility index (Phi) is 6.26. The molecule has 25 heavy (non-hydrogen) atoms. The lowest BCUT2D eigenvalue weighted by Crippen LogP contribution is -2.39. The number of methoxy groups -OCH3 is 1. The van der Waals surface area contributed by atoms with Crippen LogP contribution in [0.2, 0.25) is 0 Å². The van der Waals surface area contributed by atoms with Gasteiger partial charge in [-0.3, -0.25) is 24.3 Å². The van der Waals surface area contributed by atoms with E-state index in [1.165, 1.54) is 0 Å². The molecule has 2 rings (SSSR count). The van der Waals surface area contributed by atoms with Crippen molar-refractivity contribution in [2.45, 2.75) is 38.6 Å². The van der Waals surface area contributed by atoms with Gasteiger partial charge in [-0.2, -0.15) is 0 Å². The molecule has 0 aliphatic carbocycles. The summed E-state index contributed by atoms with van der Waals surface area (Å²) < 4.78 is 5.40. The molecule has 0 bridgehead atoms. The van der Waals surface area contributed by atoms with Crippen LogP contribution in [0.25, 0.3) is 0 Å². The number of nitro groups is 1. The molecule has 1 aromatic rings. The summed E-state index contributed by atoms with van der Waals surface area (Å²) in [5, 5.41) is 11.0. The number of pyridine rings is 1. The number of carbonyl (C=O) groups is 2. The van der Waals surface area contributed by atoms with Crippen LogP contribution < -0.4 is 5.56 Å². The first-order valence-corrected chi connectivity index (χ1v) is 8.19. The molecule has 0 spiro atoms. The molecule has 1 aliphatic heterocycles. The van der Waals surface area contributed by atoms with Crippen molar-refractivity contribution in [2.75, 3.05) is 20.2 Å². The molecule has 136 valence electrons. The number of carbonyl (C=O) groups excluding carboxylic acids is 2. The molecule has 0 saturated carbocycles. The molecule has 0 aromatic carbocycles. The van der Waals surface area contributed by atoms with Crippen LogP contribution in [0.1, 0.15) is 42.5 Å². The first-order chi connectivity index (χ1) is 11.9. The summed E-state index contributed by atoms with van der Waals surface area (Å²) >= 11 is 0. The van der Waals surface area contributed by atoms with Crippen molar-refractivity contribution in [2.24, 2.45) is 0 Å². The Balaban J connectivity index is 2.29. The molecule has 9 nitrogen and oxygen atoms in total. The van der Waals surface area contributed by atoms with Crippen LogP contribution in [0.3, 0.4) is 0 Å². The van der Waals surface area contributed by atoms with Crippen LogP contribution in [-0.4, -0.2) is 46.5 Å². The Morgan fingerprint density at radius 3 is 2.36 bits per heavy atom. The van der Waals surface area contributed by atoms with Crippen LogP contribution in [0.5, 0.6) is 0 Å². The molecule has 0 unspecified atom stereocenters. The maximum Gasteiger partial charge on any atom is 0.343 e. The summed E-state index contributed by atoms with van der Waals surface area (Å²) in [6, 6.07) is 0.866. The zero-order valence-corrected chi connectivity index (χ0v) is 14.1. The highest BCUT2D eigenvalue weighted by molar-refractivity contribution is 5.89. The highest BCUT2D eigenvalue weighted by atomic mass is 16.6. The fourth-order valence-corrected chi connectivity index (χ4v) is 2.84. The van der Waals surface area contributed by atoms with E-state index in [9.17, 15) is 24.5 Å². The van der Waals surface area contributed by atoms with Crippen molar-refractivity contribution in [3.8, 4) is 0 Å². The second-order valence-electron chi connectivity index (χ2n) is 5.94. The normalized spacial score (nSPS) is 15.2. The van der Waals surface area contributed by atoms with Crippen molar-refractivity contribution >= 4 is 17.6 Å². The Hall–Kier alpha value is -2.71. The van der Waals surface area contributed by atoms with Gasteiger partial charge in [-0.1, -0.05) is 19.3 Å². The van der Waals surface area contributed by atoms with E-state index >= 15 is 0 Å². The minimum Gasteiger partial charge on any atom is -0.465 e. The highest BCUT2D eigenvalue weighted by Crippen LogP contribution is 2.13. The number of hydrogen-bond donors (Lipinski definition) is 0. The summed E-state index contributed by atoms with van der Waals surface area (Å²) in [4.78, 5) is 48.5. The van der Waals surface area contributed by atoms with Gasteiger partial charge in [0.2, 0.25) is 5.91 Å². The van der Waals surface area contributed by atoms with Crippen LogP contribution in [0.4, 0.5) is 5.69 Å². The number of esters is 1. The average Bonchev–Trinajstić information content (AvgIpc) is 2.55. The minimum absolute atomic E-state index is 0.291. The van der Waals surface area contributed by atoms with E-state index in [1.807, 2.05) is 0 Å². The molecule has 1 saturated heterocycles. The molecule has 0 atom stereocenters. The van der Waals surface area contributed by atoms with Crippen LogP contribution in [-0.2, 0) is 16.1 Å². The van der Waals surface area contributed by atoms with Crippen LogP contribution in [0, 0.1) is 10.1 Å². The van der Waals surface area contributed by atoms with Gasteiger partial charge in [0.05, 0.1) is 18.2 Å². The molecular formula is C16H21N3O6. The summed E-state index contributed by atoms with van der Waals surface area (Å²) in [7, 11) is 1.08. The van der Waals surface area contributed by atoms with Gasteiger partial charge < -0.3 is 9.64 Å². The standard InChI is InChI=1S/C16H21N3O6/c1-25-16(22)13-9-12(19(23)24)10-18(15(13)21)11-14(20)17-7-5-3-2-4-6-8-17/h9-10H,2-8,11H2,1H3. The second kappa shape index (κ2) is 8.41. The molecule has 1 fully saturated rings. The van der Waals surface area contributed by atoms with E-state index in [0.29, 0.717) is 13.1 Å². The lowest BCUT2D eigenvalue weighted by molar-refractivity contribution is -0.385. The van der Waals surface area contributed by atoms with Gasteiger partial charge in [0.15, 0.2) is 0 Å². The van der Waals surface area contributed by atoms with Crippen molar-refractivity contribution in [3.05, 3.63) is 38.3 Å². The maximum atomic E-state index is 12.5. The Morgan fingerprint density at radius 1 is 1.20 bits per heavy atom. The maximum absolute atomic E-state index is 12.5. The Bertz CT molecular complexity index is 719. The molecular weight excluding hydrogens is 330 g/mol. The predicted molar refractivity (Wildman–Crippen MR) is 88.4 cm³/mol. The summed E-state index contributed by atoms with van der Waals surface area (Å²) in [6.45, 7) is 0.864. The van der Waals surface area contributed by atoms with Crippen LogP contribution in [0.15, 0.2) is 17.1 Å². The van der Waals surface area contributed by atoms with E-state index in [2.05, 4.69) is 4.74 Å². The van der Waals surface area contributed by atoms with E-state index < -0.39 is 27.7 Å². The molecule has 0 N–H and O–H groups in total. The Labute approximate surface area is 144 Å². The highest BCUT2D eigenvalue weighted by Gasteiger charge is 2.22. The number of likely N-dealkylation sites (tertiary alicyclic amines) is 1. The quantitative estimate of drug-likeness (QED) is 0.460. The lowest BCUT2D eigenvalue weighted by atomic mass is 10.1. The largest absolute Gasteiger partial charge is 0.465 e. The van der Waals surface area contributed by atoms with Crippen molar-refractivity contribution < 1.29 is 19.2 Å². The third kappa shape index (κ3) is 4.65. The molecule has 1 aliphatic rings. The lowest BCUT2D eigenvalue weighted by Gasteiger charge is -2.25. The predicted octanol–water partition coefficient (Wildman–Crippen LogP) is 1.34. The van der Waals surface area contributed by atoms with E-state index in [0.717, 1.165) is 56.0 Å². The molecule has 2 heterocycles. The average molecular weight is 351 g/mol. The third-order valence-corrected chi connectivity index (χ3v) is 4.20. The first kappa shape index (κ1) is 18.6. The van der Waals surface area contributed by atoms with Crippen LogP contribution >= 0.6 is 0 Å². The number of hydrogen-bond acceptors (Lipinski definition) is 6. The van der Waals surface area contributed by atoms with Gasteiger partial charge in [-0.25, -0.2) is 4.79 Å². The molecule has 1 aromatic heterocycles. The molecule has 0 radical (unpaired) electrons. The third-order valence-electron chi connectivity index (χ3n) is 4.20. The van der Waals surface area contributed by atoms with Crippen molar-refractivity contribution in [1.29, 1.82) is 0 Å². The molecule has 9 heteroatoms. The minimum atomic E-state index is -0.971. The zero-order valence-electron chi connectivity index (χ0n) is 14.1. The fraction of sp³-hybridized carbons (Fsp3) is 0.562. The monoisotopic (exact) mass is 351 g/mol. The molecule has 1 amide bonds. The van der Waals surface area contributed by atoms with E-state index in [4.69, 9.17) is 0 Å². The van der Waals surface area contributed by atoms with E-state index in [-0.39, 0.29) is 12.5 Å². The van der Waals surface area contributed by atoms with Gasteiger partial charge in [-0.15, -0.1) is 0 Å². The van der Waals surface area contributed by atoms with Gasteiger partial charge in [0.25, 0.3) is 11.2 Å². The van der Waals surface area contributed by atoms with Gasteiger partial charge in [0, 0.05) is 19.2 Å². The zero-order chi connectivity index (χ0) is 18.4. The SMILES string of the molecule is COC(=O)c1cc([N+](=O)[O-])cn(CC(=O)N2CCCCCCC2)c1=O. The van der Waals surface area contributed by atoms with Gasteiger partial charge in [-0.05, 0) is 12.8 Å². The smallest absolute Gasteiger partial charge is 0.343 e. The Morgan fingerprint density at radius 2 is 1.80 bits per heavy atom. The van der Waals surface area contributed by atoms with Crippen molar-refractivity contribution in [1.82, 2.24) is 9.47 Å². The number of ether oxygens (including phenoxy) is 1.